The predicted octanol–water partition coefficient (Wildman–Crippen LogP) is 3.06. The molecule has 0 aliphatic rings. The molecule has 0 saturated carbocycles. The fourth-order valence-corrected chi connectivity index (χ4v) is 2.43. The largest absolute Gasteiger partial charge is 0.385 e. The average molecular weight is 257 g/mol. The number of halogens is 1. The van der Waals surface area contributed by atoms with Gasteiger partial charge in [-0.25, -0.2) is 4.39 Å². The van der Waals surface area contributed by atoms with E-state index in [9.17, 15) is 4.39 Å². The van der Waals surface area contributed by atoms with Crippen LogP contribution in [0.5, 0.6) is 0 Å². The Morgan fingerprint density at radius 1 is 1.41 bits per heavy atom. The number of ether oxygens (including phenoxy) is 1. The molecule has 0 aliphatic carbocycles. The third-order valence-corrected chi connectivity index (χ3v) is 3.54. The molecule has 17 heavy (non-hydrogen) atoms. The van der Waals surface area contributed by atoms with Gasteiger partial charge in [-0.2, -0.15) is 0 Å². The molecule has 0 unspecified atom stereocenters. The lowest BCUT2D eigenvalue weighted by Gasteiger charge is -2.09. The zero-order chi connectivity index (χ0) is 12.5. The fraction of sp³-hybridized carbons (Fsp3) is 0.538. The highest BCUT2D eigenvalue weighted by atomic mass is 32.2. The van der Waals surface area contributed by atoms with Gasteiger partial charge in [-0.3, -0.25) is 0 Å². The molecule has 1 rings (SSSR count). The van der Waals surface area contributed by atoms with Gasteiger partial charge < -0.3 is 10.1 Å². The number of methoxy groups -OCH3 is 1. The highest BCUT2D eigenvalue weighted by Gasteiger charge is 2.04. The summed E-state index contributed by atoms with van der Waals surface area (Å²) in [6.07, 6.45) is 1.01. The van der Waals surface area contributed by atoms with Crippen LogP contribution in [0.3, 0.4) is 0 Å². The van der Waals surface area contributed by atoms with Crippen molar-refractivity contribution in [3.8, 4) is 0 Å². The van der Waals surface area contributed by atoms with Crippen LogP contribution in [0.15, 0.2) is 23.1 Å². The van der Waals surface area contributed by atoms with E-state index in [2.05, 4.69) is 5.32 Å². The number of hydrogen-bond donors (Lipinski definition) is 1. The minimum absolute atomic E-state index is 0.167. The molecule has 0 aliphatic heterocycles. The maximum atomic E-state index is 13.2. The summed E-state index contributed by atoms with van der Waals surface area (Å²) in [5, 5.41) is 3.23. The van der Waals surface area contributed by atoms with Crippen molar-refractivity contribution < 1.29 is 9.13 Å². The van der Waals surface area contributed by atoms with E-state index in [0.717, 1.165) is 42.3 Å². The standard InChI is InChI=1S/C13H20FNOS/c1-3-15-10-11-9-12(14)5-6-13(11)17-8-4-7-16-2/h5-6,9,15H,3-4,7-8,10H2,1-2H3. The van der Waals surface area contributed by atoms with Gasteiger partial charge in [-0.05, 0) is 36.7 Å². The lowest BCUT2D eigenvalue weighted by Crippen LogP contribution is -2.12. The van der Waals surface area contributed by atoms with Crippen LogP contribution in [-0.4, -0.2) is 26.0 Å². The van der Waals surface area contributed by atoms with E-state index in [0.29, 0.717) is 0 Å². The number of benzene rings is 1. The van der Waals surface area contributed by atoms with E-state index in [4.69, 9.17) is 4.74 Å². The van der Waals surface area contributed by atoms with E-state index in [1.165, 1.54) is 6.07 Å². The van der Waals surface area contributed by atoms with Crippen molar-refractivity contribution >= 4 is 11.8 Å². The molecule has 1 N–H and O–H groups in total. The molecule has 1 aromatic carbocycles. The predicted molar refractivity (Wildman–Crippen MR) is 71.0 cm³/mol. The Labute approximate surface area is 107 Å². The first kappa shape index (κ1) is 14.5. The van der Waals surface area contributed by atoms with Crippen LogP contribution >= 0.6 is 11.8 Å². The van der Waals surface area contributed by atoms with Crippen molar-refractivity contribution in [2.75, 3.05) is 26.0 Å². The second-order valence-corrected chi connectivity index (χ2v) is 4.86. The van der Waals surface area contributed by atoms with Crippen molar-refractivity contribution in [3.05, 3.63) is 29.6 Å². The van der Waals surface area contributed by atoms with Crippen LogP contribution in [0.2, 0.25) is 0 Å². The summed E-state index contributed by atoms with van der Waals surface area (Å²) in [4.78, 5) is 1.16. The Bertz CT molecular complexity index is 333. The van der Waals surface area contributed by atoms with E-state index in [-0.39, 0.29) is 5.82 Å². The molecule has 1 aromatic rings. The van der Waals surface area contributed by atoms with Gasteiger partial charge in [-0.15, -0.1) is 11.8 Å². The monoisotopic (exact) mass is 257 g/mol. The van der Waals surface area contributed by atoms with E-state index < -0.39 is 0 Å². The smallest absolute Gasteiger partial charge is 0.123 e. The SMILES string of the molecule is CCNCc1cc(F)ccc1SCCCOC. The second kappa shape index (κ2) is 8.50. The summed E-state index contributed by atoms with van der Waals surface area (Å²) in [6.45, 7) is 4.44. The van der Waals surface area contributed by atoms with Gasteiger partial charge >= 0.3 is 0 Å². The molecule has 0 atom stereocenters. The molecule has 0 spiro atoms. The van der Waals surface area contributed by atoms with Crippen LogP contribution in [0.1, 0.15) is 18.9 Å². The fourth-order valence-electron chi connectivity index (χ4n) is 1.47. The zero-order valence-electron chi connectivity index (χ0n) is 10.5. The van der Waals surface area contributed by atoms with E-state index in [1.54, 1.807) is 24.9 Å². The summed E-state index contributed by atoms with van der Waals surface area (Å²) in [7, 11) is 1.71. The average Bonchev–Trinajstić information content (AvgIpc) is 2.34. The minimum atomic E-state index is -0.167. The molecular formula is C13H20FNOS. The molecule has 4 heteroatoms. The summed E-state index contributed by atoms with van der Waals surface area (Å²) in [5.74, 6) is 0.831. The Morgan fingerprint density at radius 2 is 2.24 bits per heavy atom. The zero-order valence-corrected chi connectivity index (χ0v) is 11.3. The normalized spacial score (nSPS) is 10.8. The van der Waals surface area contributed by atoms with Crippen molar-refractivity contribution in [3.63, 3.8) is 0 Å². The topological polar surface area (TPSA) is 21.3 Å². The Kier molecular flexibility index (Phi) is 7.24. The number of rotatable bonds is 8. The third-order valence-electron chi connectivity index (χ3n) is 2.34. The molecule has 0 fully saturated rings. The lowest BCUT2D eigenvalue weighted by molar-refractivity contribution is 0.200. The molecule has 2 nitrogen and oxygen atoms in total. The summed E-state index contributed by atoms with van der Waals surface area (Å²) < 4.78 is 18.2. The molecule has 0 radical (unpaired) electrons. The Morgan fingerprint density at radius 3 is 2.94 bits per heavy atom. The van der Waals surface area contributed by atoms with Crippen LogP contribution in [0.4, 0.5) is 4.39 Å². The van der Waals surface area contributed by atoms with Gasteiger partial charge in [0.05, 0.1) is 0 Å². The van der Waals surface area contributed by atoms with Crippen LogP contribution in [-0.2, 0) is 11.3 Å². The quantitative estimate of drug-likeness (QED) is 0.571. The van der Waals surface area contributed by atoms with Crippen molar-refractivity contribution in [1.29, 1.82) is 0 Å². The van der Waals surface area contributed by atoms with Gasteiger partial charge in [0.1, 0.15) is 5.82 Å². The third kappa shape index (κ3) is 5.52. The number of hydrogen-bond acceptors (Lipinski definition) is 3. The molecule has 0 heterocycles. The van der Waals surface area contributed by atoms with Gasteiger partial charge in [0, 0.05) is 30.9 Å². The van der Waals surface area contributed by atoms with Crippen LogP contribution in [0, 0.1) is 5.82 Å². The summed E-state index contributed by atoms with van der Waals surface area (Å²) in [6, 6.07) is 4.99. The number of nitrogens with one attached hydrogen (secondary N) is 1. The summed E-state index contributed by atoms with van der Waals surface area (Å²) in [5.41, 5.74) is 1.04. The van der Waals surface area contributed by atoms with Crippen molar-refractivity contribution in [1.82, 2.24) is 5.32 Å². The molecular weight excluding hydrogens is 237 g/mol. The van der Waals surface area contributed by atoms with E-state index >= 15 is 0 Å². The molecule has 0 bridgehead atoms. The molecule has 96 valence electrons. The van der Waals surface area contributed by atoms with Gasteiger partial charge in [0.15, 0.2) is 0 Å². The maximum Gasteiger partial charge on any atom is 0.123 e. The highest BCUT2D eigenvalue weighted by Crippen LogP contribution is 2.24. The van der Waals surface area contributed by atoms with Gasteiger partial charge in [0.2, 0.25) is 0 Å². The van der Waals surface area contributed by atoms with Crippen LogP contribution < -0.4 is 5.32 Å². The highest BCUT2D eigenvalue weighted by molar-refractivity contribution is 7.99. The minimum Gasteiger partial charge on any atom is -0.385 e. The van der Waals surface area contributed by atoms with Crippen LogP contribution in [0.25, 0.3) is 0 Å². The van der Waals surface area contributed by atoms with Gasteiger partial charge in [0.25, 0.3) is 0 Å². The molecule has 0 saturated heterocycles. The van der Waals surface area contributed by atoms with Gasteiger partial charge in [-0.1, -0.05) is 6.92 Å². The Hall–Kier alpha value is -0.580. The van der Waals surface area contributed by atoms with E-state index in [1.807, 2.05) is 13.0 Å². The first-order valence-electron chi connectivity index (χ1n) is 5.88. The number of thioether (sulfide) groups is 1. The first-order valence-corrected chi connectivity index (χ1v) is 6.87. The first-order chi connectivity index (χ1) is 8.27. The second-order valence-electron chi connectivity index (χ2n) is 3.73. The molecule has 0 aromatic heterocycles. The van der Waals surface area contributed by atoms with Crippen molar-refractivity contribution in [2.24, 2.45) is 0 Å². The summed E-state index contributed by atoms with van der Waals surface area (Å²) >= 11 is 1.76. The molecule has 0 amide bonds. The maximum absolute atomic E-state index is 13.2. The lowest BCUT2D eigenvalue weighted by atomic mass is 10.2. The van der Waals surface area contributed by atoms with Crippen molar-refractivity contribution in [2.45, 2.75) is 24.8 Å². The Balaban J connectivity index is 2.55.